The molecule has 0 aliphatic carbocycles. The van der Waals surface area contributed by atoms with Crippen molar-refractivity contribution >= 4 is 25.7 Å². The minimum Gasteiger partial charge on any atom is -0.462 e. The second kappa shape index (κ2) is 54.2. The van der Waals surface area contributed by atoms with E-state index in [1.165, 1.54) is 89.9 Å². The Kier molecular flexibility index (Phi) is 51.9. The smallest absolute Gasteiger partial charge is 0.462 e. The Labute approximate surface area is 439 Å². The van der Waals surface area contributed by atoms with Gasteiger partial charge in [-0.3, -0.25) is 23.4 Å². The number of rotatable bonds is 53. The monoisotopic (exact) mass is 1030 g/mol. The van der Waals surface area contributed by atoms with Crippen LogP contribution in [0.1, 0.15) is 252 Å². The lowest BCUT2D eigenvalue weighted by molar-refractivity contribution is -0.161. The van der Waals surface area contributed by atoms with Crippen LogP contribution in [0.15, 0.2) is 72.9 Å². The molecule has 0 radical (unpaired) electrons. The van der Waals surface area contributed by atoms with Gasteiger partial charge in [0.1, 0.15) is 12.7 Å². The first-order chi connectivity index (χ1) is 35.2. The van der Waals surface area contributed by atoms with E-state index in [4.69, 9.17) is 23.3 Å². The molecule has 0 aromatic rings. The van der Waals surface area contributed by atoms with E-state index >= 15 is 0 Å². The van der Waals surface area contributed by atoms with Crippen LogP contribution in [0.2, 0.25) is 0 Å². The molecule has 0 heterocycles. The van der Waals surface area contributed by atoms with Crippen LogP contribution in [0.25, 0.3) is 0 Å². The number of phosphoric ester groups is 1. The van der Waals surface area contributed by atoms with Crippen LogP contribution in [0, 0.1) is 0 Å². The van der Waals surface area contributed by atoms with Crippen molar-refractivity contribution < 1.29 is 52.2 Å². The summed E-state index contributed by atoms with van der Waals surface area (Å²) in [5.41, 5.74) is 0. The molecule has 12 heteroatoms. The second-order valence-corrected chi connectivity index (χ2v) is 20.5. The summed E-state index contributed by atoms with van der Waals surface area (Å²) in [6.45, 7) is 4.47. The number of aliphatic hydroxyl groups excluding tert-OH is 1. The highest BCUT2D eigenvalue weighted by atomic mass is 31.2. The maximum absolute atomic E-state index is 12.9. The molecule has 0 saturated carbocycles. The van der Waals surface area contributed by atoms with Crippen LogP contribution >= 0.6 is 7.82 Å². The van der Waals surface area contributed by atoms with Crippen molar-refractivity contribution in [3.8, 4) is 0 Å². The first-order valence-corrected chi connectivity index (χ1v) is 30.3. The Morgan fingerprint density at radius 1 is 0.403 bits per heavy atom. The fraction of sp³-hybridized carbons (Fsp3) is 0.750. The van der Waals surface area contributed by atoms with Crippen molar-refractivity contribution in [1.82, 2.24) is 0 Å². The number of carbonyl (C=O) groups excluding carboxylic acids is 3. The first-order valence-electron chi connectivity index (χ1n) is 28.8. The molecule has 416 valence electrons. The fourth-order valence-corrected chi connectivity index (χ4v) is 8.51. The molecule has 11 nitrogen and oxygen atoms in total. The lowest BCUT2D eigenvalue weighted by Crippen LogP contribution is -2.30. The van der Waals surface area contributed by atoms with Gasteiger partial charge in [0.15, 0.2) is 6.10 Å². The average Bonchev–Trinajstić information content (AvgIpc) is 3.37. The zero-order valence-electron chi connectivity index (χ0n) is 45.9. The fourth-order valence-electron chi connectivity index (χ4n) is 7.73. The molecule has 0 amide bonds. The Morgan fingerprint density at radius 3 is 1.14 bits per heavy atom. The number of carbonyl (C=O) groups is 3. The first kappa shape index (κ1) is 68.9. The summed E-state index contributed by atoms with van der Waals surface area (Å²) in [7, 11) is -4.75. The Hall–Kier alpha value is -3.08. The number of hydrogen-bond donors (Lipinski definition) is 2. The van der Waals surface area contributed by atoms with Crippen molar-refractivity contribution in [3.05, 3.63) is 72.9 Å². The second-order valence-electron chi connectivity index (χ2n) is 19.1. The molecule has 0 bridgehead atoms. The third-order valence-electron chi connectivity index (χ3n) is 12.1. The van der Waals surface area contributed by atoms with Crippen molar-refractivity contribution in [1.29, 1.82) is 0 Å². The van der Waals surface area contributed by atoms with E-state index < -0.39 is 57.8 Å². The molecule has 3 unspecified atom stereocenters. The largest absolute Gasteiger partial charge is 0.472 e. The molecule has 72 heavy (non-hydrogen) atoms. The van der Waals surface area contributed by atoms with Crippen LogP contribution in [-0.2, 0) is 42.2 Å². The molecule has 0 fully saturated rings. The molecule has 0 spiro atoms. The molecule has 0 rings (SSSR count). The zero-order chi connectivity index (χ0) is 52.7. The van der Waals surface area contributed by atoms with Crippen molar-refractivity contribution in [2.24, 2.45) is 0 Å². The lowest BCUT2D eigenvalue weighted by Gasteiger charge is -2.21. The van der Waals surface area contributed by atoms with E-state index in [0.717, 1.165) is 103 Å². The average molecular weight is 1030 g/mol. The Morgan fingerprint density at radius 2 is 0.722 bits per heavy atom. The molecular formula is C60H105O11P. The van der Waals surface area contributed by atoms with Crippen LogP contribution in [0.4, 0.5) is 0 Å². The van der Waals surface area contributed by atoms with Crippen molar-refractivity contribution in [3.63, 3.8) is 0 Å². The van der Waals surface area contributed by atoms with Gasteiger partial charge in [-0.15, -0.1) is 0 Å². The molecule has 0 saturated heterocycles. The van der Waals surface area contributed by atoms with Crippen LogP contribution in [0.3, 0.4) is 0 Å². The van der Waals surface area contributed by atoms with Gasteiger partial charge in [0.2, 0.25) is 0 Å². The number of unbranched alkanes of at least 4 members (excludes halogenated alkanes) is 24. The predicted octanol–water partition coefficient (Wildman–Crippen LogP) is 16.9. The van der Waals surface area contributed by atoms with Gasteiger partial charge in [0.25, 0.3) is 0 Å². The topological polar surface area (TPSA) is 155 Å². The molecule has 2 N–H and O–H groups in total. The van der Waals surface area contributed by atoms with Gasteiger partial charge in [-0.05, 0) is 89.9 Å². The predicted molar refractivity (Wildman–Crippen MR) is 298 cm³/mol. The third-order valence-corrected chi connectivity index (χ3v) is 13.1. The van der Waals surface area contributed by atoms with E-state index in [2.05, 4.69) is 93.7 Å². The summed E-state index contributed by atoms with van der Waals surface area (Å²) in [5.74, 6) is -1.50. The summed E-state index contributed by atoms with van der Waals surface area (Å²) >= 11 is 0. The van der Waals surface area contributed by atoms with Crippen LogP contribution < -0.4 is 0 Å². The Balaban J connectivity index is 4.78. The normalized spacial score (nSPS) is 13.9. The SMILES string of the molecule is CC/C=C\C/C=C\C/C=C\C/C=C\CCCCCCC(=O)OC(COC(=O)CCCCCCCCC/C=C\C/C=C\CCCCC)COP(=O)(O)OCC(CO)OC(=O)CCCCCCCCCCCCC. The molecular weight excluding hydrogens is 928 g/mol. The maximum atomic E-state index is 12.9. The molecule has 3 atom stereocenters. The summed E-state index contributed by atoms with van der Waals surface area (Å²) in [6, 6.07) is 0. The van der Waals surface area contributed by atoms with Gasteiger partial charge in [-0.2, -0.15) is 0 Å². The number of ether oxygens (including phenoxy) is 3. The highest BCUT2D eigenvalue weighted by Gasteiger charge is 2.28. The molecule has 0 aromatic heterocycles. The van der Waals surface area contributed by atoms with Crippen LogP contribution in [0.5, 0.6) is 0 Å². The molecule has 0 aliphatic heterocycles. The highest BCUT2D eigenvalue weighted by Crippen LogP contribution is 2.43. The van der Waals surface area contributed by atoms with E-state index in [1.807, 2.05) is 0 Å². The number of esters is 3. The summed E-state index contributed by atoms with van der Waals surface area (Å²) < 4.78 is 39.5. The van der Waals surface area contributed by atoms with E-state index in [0.29, 0.717) is 19.3 Å². The number of phosphoric acid groups is 1. The molecule has 0 aliphatic rings. The van der Waals surface area contributed by atoms with Crippen molar-refractivity contribution in [2.45, 2.75) is 264 Å². The molecule has 0 aromatic carbocycles. The standard InChI is InChI=1S/C60H105O11P/c1-4-7-10-13-16-19-22-24-26-28-30-32-35-37-40-43-46-49-58(62)67-53-57(71-60(64)51-48-45-42-39-36-33-31-29-27-25-23-20-17-14-11-8-5-2)55-69-72(65,66)68-54-56(52-61)70-59(63)50-47-44-41-38-34-21-18-15-12-9-6-3/h8,11,16-17,19-20,24-27,31,33,56-57,61H,4-7,9-10,12-15,18,21-23,28-30,32,34-55H2,1-3H3,(H,65,66)/b11-8-,19-16-,20-17-,26-24-,27-25-,33-31-. The van der Waals surface area contributed by atoms with Gasteiger partial charge in [0.05, 0.1) is 19.8 Å². The lowest BCUT2D eigenvalue weighted by atomic mass is 10.1. The zero-order valence-corrected chi connectivity index (χ0v) is 46.8. The van der Waals surface area contributed by atoms with E-state index in [9.17, 15) is 28.9 Å². The van der Waals surface area contributed by atoms with Gasteiger partial charge in [-0.1, -0.05) is 216 Å². The quantitative estimate of drug-likeness (QED) is 0.0197. The Bertz CT molecular complexity index is 1490. The minimum atomic E-state index is -4.75. The number of allylic oxidation sites excluding steroid dienone is 12. The summed E-state index contributed by atoms with van der Waals surface area (Å²) in [4.78, 5) is 48.5. The highest BCUT2D eigenvalue weighted by molar-refractivity contribution is 7.47. The van der Waals surface area contributed by atoms with E-state index in [-0.39, 0.29) is 25.9 Å². The van der Waals surface area contributed by atoms with Crippen molar-refractivity contribution in [2.75, 3.05) is 26.4 Å². The summed E-state index contributed by atoms with van der Waals surface area (Å²) in [5, 5.41) is 9.79. The van der Waals surface area contributed by atoms with Gasteiger partial charge in [-0.25, -0.2) is 4.57 Å². The van der Waals surface area contributed by atoms with Gasteiger partial charge < -0.3 is 24.2 Å². The number of hydrogen-bond acceptors (Lipinski definition) is 10. The maximum Gasteiger partial charge on any atom is 0.472 e. The third kappa shape index (κ3) is 51.8. The van der Waals surface area contributed by atoms with Gasteiger partial charge in [0, 0.05) is 19.3 Å². The van der Waals surface area contributed by atoms with Crippen LogP contribution in [-0.4, -0.2) is 66.5 Å². The minimum absolute atomic E-state index is 0.137. The van der Waals surface area contributed by atoms with E-state index in [1.54, 1.807) is 0 Å². The summed E-state index contributed by atoms with van der Waals surface area (Å²) in [6.07, 6.45) is 60.0. The number of aliphatic hydroxyl groups is 1. The van der Waals surface area contributed by atoms with Gasteiger partial charge >= 0.3 is 25.7 Å².